The summed E-state index contributed by atoms with van der Waals surface area (Å²) in [4.78, 5) is 0. The van der Waals surface area contributed by atoms with Crippen molar-refractivity contribution in [3.8, 4) is 0 Å². The summed E-state index contributed by atoms with van der Waals surface area (Å²) in [5, 5.41) is 0. The van der Waals surface area contributed by atoms with Crippen LogP contribution in [0.3, 0.4) is 0 Å². The van der Waals surface area contributed by atoms with Gasteiger partial charge in [-0.1, -0.05) is 0 Å². The molecule has 0 aromatic rings. The minimum Gasteiger partial charge on any atom is -0.147 e. The zero-order valence-electron chi connectivity index (χ0n) is 18.7. The molecule has 4 rings (SSSR count). The molecule has 4 unspecified atom stereocenters. The van der Waals surface area contributed by atoms with Gasteiger partial charge in [-0.15, -0.1) is 24.8 Å². The average molecular weight is 519 g/mol. The second-order valence-electron chi connectivity index (χ2n) is 11.1. The van der Waals surface area contributed by atoms with Gasteiger partial charge in [-0.05, 0) is 0 Å². The number of halogens is 2. The predicted molar refractivity (Wildman–Crippen MR) is 130 cm³/mol. The molecule has 0 saturated heterocycles. The monoisotopic (exact) mass is 516 g/mol. The Morgan fingerprint density at radius 3 is 1.50 bits per heavy atom. The van der Waals surface area contributed by atoms with Crippen LogP contribution in [-0.4, -0.2) is 6.88 Å². The summed E-state index contributed by atoms with van der Waals surface area (Å²) in [5.74, 6) is 1.58. The van der Waals surface area contributed by atoms with Crippen molar-refractivity contribution in [2.45, 2.75) is 82.7 Å². The normalized spacial score (nSPS) is 32.8. The molecule has 28 heavy (non-hydrogen) atoms. The molecule has 4 aliphatic rings. The Balaban J connectivity index is 0.00000140. The molecule has 0 N–H and O–H groups in total. The second kappa shape index (κ2) is 8.29. The van der Waals surface area contributed by atoms with E-state index in [1.54, 1.807) is 22.3 Å². The molecule has 0 saturated carbocycles. The van der Waals surface area contributed by atoms with Crippen LogP contribution in [0.2, 0.25) is 16.5 Å². The van der Waals surface area contributed by atoms with Gasteiger partial charge in [0, 0.05) is 0 Å². The molecule has 4 heteroatoms. The molecule has 0 spiro atoms. The van der Waals surface area contributed by atoms with Crippen molar-refractivity contribution in [3.05, 3.63) is 45.6 Å². The van der Waals surface area contributed by atoms with Crippen molar-refractivity contribution in [1.82, 2.24) is 0 Å². The first kappa shape index (κ1) is 24.9. The summed E-state index contributed by atoms with van der Waals surface area (Å²) in [6, 6.07) is 0. The Hall–Kier alpha value is 0.640. The molecule has 0 fully saturated rings. The van der Waals surface area contributed by atoms with Gasteiger partial charge in [0.25, 0.3) is 0 Å². The van der Waals surface area contributed by atoms with Crippen molar-refractivity contribution in [1.29, 1.82) is 0 Å². The van der Waals surface area contributed by atoms with E-state index in [1.807, 2.05) is 11.1 Å². The van der Waals surface area contributed by atoms with Gasteiger partial charge in [-0.2, -0.15) is 0 Å². The molecule has 0 amide bonds. The Morgan fingerprint density at radius 2 is 1.14 bits per heavy atom. The van der Waals surface area contributed by atoms with Gasteiger partial charge < -0.3 is 0 Å². The fourth-order valence-corrected chi connectivity index (χ4v) is 30.0. The van der Waals surface area contributed by atoms with Crippen LogP contribution in [0.4, 0.5) is 0 Å². The zero-order valence-corrected chi connectivity index (χ0v) is 24.2. The molecule has 0 nitrogen and oxygen atoms in total. The smallest absolute Gasteiger partial charge is 0.147 e. The maximum Gasteiger partial charge on any atom is -0.147 e. The third kappa shape index (κ3) is 3.72. The van der Waals surface area contributed by atoms with Crippen molar-refractivity contribution in [2.24, 2.45) is 11.8 Å². The van der Waals surface area contributed by atoms with Crippen LogP contribution in [0.25, 0.3) is 0 Å². The first-order valence-electron chi connectivity index (χ1n) is 11.0. The van der Waals surface area contributed by atoms with Gasteiger partial charge >= 0.3 is 164 Å². The van der Waals surface area contributed by atoms with Crippen molar-refractivity contribution in [2.75, 3.05) is 0 Å². The standard InChI is InChI=1S/2C11H15.2CH3.2ClH.H2Si.Zr/c2*1-8-6-10-5-3-4-9(2)11(10)7-8;;;;;;/h2*6-7,9H,3-5H2,1-2H3;2*1H3;2*1H;1H2;. The first-order chi connectivity index (χ1) is 12.1. The zero-order chi connectivity index (χ0) is 18.9. The van der Waals surface area contributed by atoms with Gasteiger partial charge in [0.15, 0.2) is 0 Å². The van der Waals surface area contributed by atoms with Crippen molar-refractivity contribution < 1.29 is 17.4 Å². The molecule has 0 heterocycles. The molecule has 158 valence electrons. The molecule has 4 atom stereocenters. The molecule has 0 aliphatic heterocycles. The Bertz CT molecular complexity index is 788. The Kier molecular flexibility index (Phi) is 7.37. The van der Waals surface area contributed by atoms with Crippen LogP contribution in [0.5, 0.6) is 0 Å². The maximum absolute atomic E-state index is 3.06. The predicted octanol–water partition coefficient (Wildman–Crippen LogP) is 7.89. The van der Waals surface area contributed by atoms with Crippen molar-refractivity contribution >= 4 is 31.7 Å². The SMILES string of the molecule is CC1=CC2=C(CCCC2C)[CH]1[Zr]([CH3])([CH3])(=[SiH2])[CH]1C(C)=CC2=C1CCCC2C.Cl.Cl. The summed E-state index contributed by atoms with van der Waals surface area (Å²) in [6.07, 6.45) is 13.6. The fraction of sp³-hybridized carbons (Fsp3) is 0.667. The number of hydrogen-bond donors (Lipinski definition) is 0. The Labute approximate surface area is 188 Å². The van der Waals surface area contributed by atoms with E-state index in [-0.39, 0.29) is 24.8 Å². The third-order valence-corrected chi connectivity index (χ3v) is 26.3. The molecule has 0 bridgehead atoms. The molecule has 0 aromatic carbocycles. The third-order valence-electron chi connectivity index (χ3n) is 8.24. The van der Waals surface area contributed by atoms with Crippen LogP contribution in [-0.2, 0) is 17.4 Å². The van der Waals surface area contributed by atoms with E-state index in [0.717, 1.165) is 19.1 Å². The number of rotatable bonds is 2. The van der Waals surface area contributed by atoms with Gasteiger partial charge in [0.05, 0.1) is 0 Å². The molecular formula is C24H40Cl2SiZr. The minimum atomic E-state index is -3.06. The van der Waals surface area contributed by atoms with E-state index in [9.17, 15) is 0 Å². The maximum atomic E-state index is 2.81. The topological polar surface area (TPSA) is 0 Å². The summed E-state index contributed by atoms with van der Waals surface area (Å²) >= 11 is -3.06. The van der Waals surface area contributed by atoms with Crippen LogP contribution < -0.4 is 0 Å². The number of allylic oxidation sites excluding steroid dienone is 8. The van der Waals surface area contributed by atoms with Crippen LogP contribution in [0.15, 0.2) is 45.6 Å². The van der Waals surface area contributed by atoms with Crippen LogP contribution >= 0.6 is 24.8 Å². The summed E-state index contributed by atoms with van der Waals surface area (Å²) in [5.41, 5.74) is 10.7. The largest absolute Gasteiger partial charge is 0.147 e. The van der Waals surface area contributed by atoms with Crippen LogP contribution in [0, 0.1) is 11.8 Å². The molecule has 0 radical (unpaired) electrons. The molecular weight excluding hydrogens is 478 g/mol. The van der Waals surface area contributed by atoms with E-state index < -0.39 is 17.4 Å². The molecule has 0 aromatic heterocycles. The Morgan fingerprint density at radius 1 is 0.786 bits per heavy atom. The van der Waals surface area contributed by atoms with Gasteiger partial charge in [-0.3, -0.25) is 0 Å². The van der Waals surface area contributed by atoms with E-state index in [4.69, 9.17) is 0 Å². The van der Waals surface area contributed by atoms with Gasteiger partial charge in [0.1, 0.15) is 0 Å². The van der Waals surface area contributed by atoms with Gasteiger partial charge in [-0.25, -0.2) is 0 Å². The van der Waals surface area contributed by atoms with E-state index in [0.29, 0.717) is 0 Å². The van der Waals surface area contributed by atoms with Crippen LogP contribution in [0.1, 0.15) is 66.2 Å². The summed E-state index contributed by atoms with van der Waals surface area (Å²) < 4.78 is 7.28. The first-order valence-corrected chi connectivity index (χ1v) is 24.7. The second-order valence-corrected chi connectivity index (χ2v) is 41.6. The summed E-state index contributed by atoms with van der Waals surface area (Å²) in [7, 11) is 0. The van der Waals surface area contributed by atoms with Gasteiger partial charge in [0.2, 0.25) is 0 Å². The minimum absolute atomic E-state index is 0. The average Bonchev–Trinajstić information content (AvgIpc) is 3.06. The quantitative estimate of drug-likeness (QED) is 0.326. The molecule has 4 aliphatic carbocycles. The summed E-state index contributed by atoms with van der Waals surface area (Å²) in [6.45, 7) is 12.4. The van der Waals surface area contributed by atoms with Crippen molar-refractivity contribution in [3.63, 3.8) is 0 Å². The van der Waals surface area contributed by atoms with E-state index in [1.165, 1.54) is 38.5 Å². The number of hydrogen-bond acceptors (Lipinski definition) is 0. The van der Waals surface area contributed by atoms with E-state index >= 15 is 0 Å². The van der Waals surface area contributed by atoms with E-state index in [2.05, 4.69) is 56.0 Å². The fourth-order valence-electron chi connectivity index (χ4n) is 7.54.